The Morgan fingerprint density at radius 2 is 2.25 bits per heavy atom. The number of nitriles is 1. The maximum absolute atomic E-state index is 14.4. The summed E-state index contributed by atoms with van der Waals surface area (Å²) in [6, 6.07) is 6.75. The van der Waals surface area contributed by atoms with E-state index in [1.807, 2.05) is 6.07 Å². The summed E-state index contributed by atoms with van der Waals surface area (Å²) in [5, 5.41) is 11.3. The number of alkyl halides is 1. The largest absolute Gasteiger partial charge is 0.385 e. The average Bonchev–Trinajstić information content (AvgIpc) is 2.66. The number of nitrogens with zero attached hydrogens (tertiary/aromatic N) is 3. The van der Waals surface area contributed by atoms with E-state index >= 15 is 0 Å². The van der Waals surface area contributed by atoms with Crippen LogP contribution in [-0.2, 0) is 10.3 Å². The molecule has 0 fully saturated rings. The molecule has 1 aromatic heterocycles. The first-order chi connectivity index (χ1) is 13.2. The van der Waals surface area contributed by atoms with E-state index < -0.39 is 23.6 Å². The van der Waals surface area contributed by atoms with Gasteiger partial charge in [0.05, 0.1) is 10.6 Å². The molecule has 2 heterocycles. The average molecular weight is 406 g/mol. The van der Waals surface area contributed by atoms with Gasteiger partial charge in [0.2, 0.25) is 6.36 Å². The first-order valence-corrected chi connectivity index (χ1v) is 8.39. The van der Waals surface area contributed by atoms with E-state index in [9.17, 15) is 13.6 Å². The molecule has 1 aliphatic heterocycles. The normalized spacial score (nSPS) is 21.5. The summed E-state index contributed by atoms with van der Waals surface area (Å²) < 4.78 is 33.7. The van der Waals surface area contributed by atoms with Gasteiger partial charge >= 0.3 is 0 Å². The lowest BCUT2D eigenvalue weighted by Gasteiger charge is -2.33. The second-order valence-corrected chi connectivity index (χ2v) is 6.60. The number of hydrogen-bond donors (Lipinski definition) is 2. The number of halogens is 3. The highest BCUT2D eigenvalue weighted by Gasteiger charge is 2.42. The van der Waals surface area contributed by atoms with Crippen LogP contribution in [0.5, 0.6) is 0 Å². The van der Waals surface area contributed by atoms with Gasteiger partial charge < -0.3 is 15.8 Å². The Labute approximate surface area is 163 Å². The predicted molar refractivity (Wildman–Crippen MR) is 98.1 cm³/mol. The number of pyridine rings is 1. The summed E-state index contributed by atoms with van der Waals surface area (Å²) in [7, 11) is 0. The minimum absolute atomic E-state index is 0.0206. The molecule has 144 valence electrons. The Hall–Kier alpha value is -3.09. The number of carbonyl (C=O) groups is 1. The molecule has 7 nitrogen and oxygen atoms in total. The molecule has 3 rings (SSSR count). The Morgan fingerprint density at radius 3 is 2.93 bits per heavy atom. The molecule has 0 spiro atoms. The number of benzene rings is 1. The van der Waals surface area contributed by atoms with E-state index in [1.165, 1.54) is 31.3 Å². The first-order valence-electron chi connectivity index (χ1n) is 8.01. The number of nitrogens with one attached hydrogen (secondary N) is 1. The number of aliphatic imine (C=N–C) groups is 1. The highest BCUT2D eigenvalue weighted by Crippen LogP contribution is 2.37. The lowest BCUT2D eigenvalue weighted by atomic mass is 9.90. The molecular formula is C18H14ClF2N5O2. The van der Waals surface area contributed by atoms with E-state index in [0.717, 1.165) is 6.07 Å². The van der Waals surface area contributed by atoms with Gasteiger partial charge in [-0.1, -0.05) is 11.6 Å². The van der Waals surface area contributed by atoms with Crippen molar-refractivity contribution in [3.63, 3.8) is 0 Å². The number of nitrogens with two attached hydrogens (primary N) is 1. The van der Waals surface area contributed by atoms with Gasteiger partial charge in [-0.3, -0.25) is 9.79 Å². The van der Waals surface area contributed by atoms with Crippen LogP contribution in [0, 0.1) is 17.1 Å². The molecule has 10 heteroatoms. The second-order valence-electron chi connectivity index (χ2n) is 6.19. The van der Waals surface area contributed by atoms with Crippen LogP contribution in [-0.4, -0.2) is 29.7 Å². The number of ether oxygens (including phenoxy) is 1. The van der Waals surface area contributed by atoms with E-state index in [1.54, 1.807) is 0 Å². The first kappa shape index (κ1) is 19.7. The lowest BCUT2D eigenvalue weighted by molar-refractivity contribution is -0.0805. The smallest absolute Gasteiger partial charge is 0.275 e. The molecule has 0 radical (unpaired) electrons. The minimum atomic E-state index is -1.92. The zero-order chi connectivity index (χ0) is 20.5. The van der Waals surface area contributed by atoms with Crippen LogP contribution in [0.25, 0.3) is 0 Å². The van der Waals surface area contributed by atoms with Crippen molar-refractivity contribution in [1.29, 1.82) is 5.26 Å². The maximum atomic E-state index is 14.4. The molecule has 0 bridgehead atoms. The van der Waals surface area contributed by atoms with Crippen LogP contribution in [0.3, 0.4) is 0 Å². The molecule has 2 aromatic rings. The van der Waals surface area contributed by atoms with Crippen LogP contribution in [0.2, 0.25) is 5.02 Å². The second kappa shape index (κ2) is 7.50. The van der Waals surface area contributed by atoms with Gasteiger partial charge in [0.15, 0.2) is 0 Å². The Balaban J connectivity index is 1.93. The van der Waals surface area contributed by atoms with Crippen LogP contribution in [0.15, 0.2) is 35.5 Å². The SMILES string of the molecule is C[C@]1(c2cc(NC(=O)c3ncc(C#N)cc3Cl)ccc2F)N=C(N)CO[C@@H]1F. The van der Waals surface area contributed by atoms with Gasteiger partial charge in [0.1, 0.15) is 35.6 Å². The minimum Gasteiger partial charge on any atom is -0.385 e. The lowest BCUT2D eigenvalue weighted by Crippen LogP contribution is -2.43. The van der Waals surface area contributed by atoms with Crippen molar-refractivity contribution in [2.45, 2.75) is 18.8 Å². The zero-order valence-corrected chi connectivity index (χ0v) is 15.3. The summed E-state index contributed by atoms with van der Waals surface area (Å²) in [6.45, 7) is 1.14. The van der Waals surface area contributed by atoms with E-state index in [2.05, 4.69) is 15.3 Å². The molecule has 1 aromatic carbocycles. The van der Waals surface area contributed by atoms with Gasteiger partial charge in [-0.25, -0.2) is 13.8 Å². The third kappa shape index (κ3) is 3.65. The quantitative estimate of drug-likeness (QED) is 0.815. The zero-order valence-electron chi connectivity index (χ0n) is 14.5. The predicted octanol–water partition coefficient (Wildman–Crippen LogP) is 2.90. The number of amides is 1. The molecule has 1 amide bonds. The number of amidine groups is 1. The third-order valence-corrected chi connectivity index (χ3v) is 4.44. The fourth-order valence-electron chi connectivity index (χ4n) is 2.73. The maximum Gasteiger partial charge on any atom is 0.275 e. The van der Waals surface area contributed by atoms with E-state index in [-0.39, 0.29) is 40.0 Å². The Morgan fingerprint density at radius 1 is 1.50 bits per heavy atom. The summed E-state index contributed by atoms with van der Waals surface area (Å²) in [6.07, 6.45) is -0.724. The van der Waals surface area contributed by atoms with Gasteiger partial charge in [-0.2, -0.15) is 5.26 Å². The van der Waals surface area contributed by atoms with E-state index in [0.29, 0.717) is 0 Å². The van der Waals surface area contributed by atoms with Crippen molar-refractivity contribution in [1.82, 2.24) is 4.98 Å². The number of hydrogen-bond acceptors (Lipinski definition) is 6. The number of carbonyl (C=O) groups excluding carboxylic acids is 1. The van der Waals surface area contributed by atoms with Crippen molar-refractivity contribution in [2.24, 2.45) is 10.7 Å². The Bertz CT molecular complexity index is 1020. The molecule has 3 N–H and O–H groups in total. The Kier molecular flexibility index (Phi) is 5.27. The highest BCUT2D eigenvalue weighted by molar-refractivity contribution is 6.34. The molecule has 0 saturated carbocycles. The van der Waals surface area contributed by atoms with Crippen LogP contribution >= 0.6 is 11.6 Å². The van der Waals surface area contributed by atoms with Crippen molar-refractivity contribution in [3.8, 4) is 6.07 Å². The molecule has 0 aliphatic carbocycles. The topological polar surface area (TPSA) is 113 Å². The van der Waals surface area contributed by atoms with Crippen molar-refractivity contribution >= 4 is 29.0 Å². The number of aromatic nitrogens is 1. The molecular weight excluding hydrogens is 392 g/mol. The summed E-state index contributed by atoms with van der Waals surface area (Å²) in [5.41, 5.74) is 4.00. The highest BCUT2D eigenvalue weighted by atomic mass is 35.5. The third-order valence-electron chi connectivity index (χ3n) is 4.15. The fourth-order valence-corrected chi connectivity index (χ4v) is 2.98. The van der Waals surface area contributed by atoms with Gasteiger partial charge in [-0.15, -0.1) is 0 Å². The van der Waals surface area contributed by atoms with Crippen LogP contribution < -0.4 is 11.1 Å². The van der Waals surface area contributed by atoms with Gasteiger partial charge in [0.25, 0.3) is 5.91 Å². The summed E-state index contributed by atoms with van der Waals surface area (Å²) in [4.78, 5) is 20.3. The van der Waals surface area contributed by atoms with Gasteiger partial charge in [0, 0.05) is 17.4 Å². The number of rotatable bonds is 3. The summed E-state index contributed by atoms with van der Waals surface area (Å²) >= 11 is 5.97. The van der Waals surface area contributed by atoms with Crippen LogP contribution in [0.1, 0.15) is 28.5 Å². The summed E-state index contributed by atoms with van der Waals surface area (Å²) in [5.74, 6) is -1.39. The van der Waals surface area contributed by atoms with E-state index in [4.69, 9.17) is 27.3 Å². The molecule has 2 atom stereocenters. The van der Waals surface area contributed by atoms with Crippen molar-refractivity contribution in [2.75, 3.05) is 11.9 Å². The van der Waals surface area contributed by atoms with Crippen LogP contribution in [0.4, 0.5) is 14.5 Å². The monoisotopic (exact) mass is 405 g/mol. The molecule has 1 aliphatic rings. The fraction of sp³-hybridized carbons (Fsp3) is 0.222. The van der Waals surface area contributed by atoms with Crippen molar-refractivity contribution in [3.05, 3.63) is 58.1 Å². The number of anilines is 1. The molecule has 0 unspecified atom stereocenters. The molecule has 28 heavy (non-hydrogen) atoms. The van der Waals surface area contributed by atoms with Gasteiger partial charge in [-0.05, 0) is 31.2 Å². The standard InChI is InChI=1S/C18H14ClF2N5O2/c1-18(17(21)28-8-14(23)26-18)11-5-10(2-3-13(11)20)25-16(27)15-12(19)4-9(6-22)7-24-15/h2-5,7,17H,8H2,1H3,(H2,23,26)(H,25,27)/t17-,18+/m0/s1. The van der Waals surface area contributed by atoms with Crippen molar-refractivity contribution < 1.29 is 18.3 Å². The molecule has 0 saturated heterocycles.